The van der Waals surface area contributed by atoms with E-state index in [1.165, 1.54) is 19.4 Å². The van der Waals surface area contributed by atoms with E-state index in [1.807, 2.05) is 36.4 Å². The number of carboxylic acids is 1. The van der Waals surface area contributed by atoms with Gasteiger partial charge in [0.1, 0.15) is 5.75 Å². The summed E-state index contributed by atoms with van der Waals surface area (Å²) in [5, 5.41) is 15.8. The lowest BCUT2D eigenvalue weighted by Crippen LogP contribution is -2.37. The van der Waals surface area contributed by atoms with Crippen molar-refractivity contribution < 1.29 is 19.4 Å². The molecule has 0 unspecified atom stereocenters. The van der Waals surface area contributed by atoms with Gasteiger partial charge in [-0.1, -0.05) is 57.9 Å². The van der Waals surface area contributed by atoms with Crippen LogP contribution >= 0.6 is 0 Å². The molecule has 1 aliphatic heterocycles. The number of ether oxygens (including phenoxy) is 1. The molecule has 192 valence electrons. The van der Waals surface area contributed by atoms with Crippen molar-refractivity contribution in [3.8, 4) is 5.75 Å². The minimum absolute atomic E-state index is 0.000335. The van der Waals surface area contributed by atoms with Crippen molar-refractivity contribution in [1.29, 1.82) is 0 Å². The first-order valence-corrected chi connectivity index (χ1v) is 13.0. The molecule has 6 nitrogen and oxygen atoms in total. The highest BCUT2D eigenvalue weighted by molar-refractivity contribution is 6.19. The zero-order valence-electron chi connectivity index (χ0n) is 22.1. The van der Waals surface area contributed by atoms with Gasteiger partial charge in [0.2, 0.25) is 0 Å². The van der Waals surface area contributed by atoms with E-state index < -0.39 is 17.0 Å². The number of aliphatic carboxylic acids is 1. The normalized spacial score (nSPS) is 17.5. The third-order valence-electron chi connectivity index (χ3n) is 7.48. The summed E-state index contributed by atoms with van der Waals surface area (Å²) in [4.78, 5) is 25.0. The molecule has 0 radical (unpaired) electrons. The van der Waals surface area contributed by atoms with Crippen molar-refractivity contribution >= 4 is 23.3 Å². The average Bonchev–Trinajstić information content (AvgIpc) is 3.41. The molecule has 4 rings (SSSR count). The van der Waals surface area contributed by atoms with Crippen LogP contribution in [0.2, 0.25) is 0 Å². The number of carbonyl (C=O) groups excluding carboxylic acids is 1. The van der Waals surface area contributed by atoms with Crippen molar-refractivity contribution in [2.75, 3.05) is 5.01 Å². The first-order chi connectivity index (χ1) is 16.9. The van der Waals surface area contributed by atoms with Crippen LogP contribution in [0.1, 0.15) is 84.3 Å². The predicted octanol–water partition coefficient (Wildman–Crippen LogP) is 6.51. The maximum Gasteiger partial charge on any atom is 0.347 e. The largest absolute Gasteiger partial charge is 0.478 e. The summed E-state index contributed by atoms with van der Waals surface area (Å²) >= 11 is 0. The van der Waals surface area contributed by atoms with Crippen LogP contribution in [-0.2, 0) is 21.4 Å². The Kier molecular flexibility index (Phi) is 7.00. The van der Waals surface area contributed by atoms with Gasteiger partial charge in [-0.05, 0) is 86.8 Å². The Morgan fingerprint density at radius 1 is 1.03 bits per heavy atom. The number of benzene rings is 2. The van der Waals surface area contributed by atoms with Crippen LogP contribution < -0.4 is 9.75 Å². The number of anilines is 1. The summed E-state index contributed by atoms with van der Waals surface area (Å²) in [5.74, 6) is -0.336. The van der Waals surface area contributed by atoms with Crippen molar-refractivity contribution in [2.45, 2.75) is 90.6 Å². The molecular formula is C30H38N2O4. The van der Waals surface area contributed by atoms with E-state index in [4.69, 9.17) is 9.84 Å². The number of hydrogen-bond donors (Lipinski definition) is 1. The Bertz CT molecular complexity index is 1150. The molecule has 1 fully saturated rings. The fraction of sp³-hybridized carbons (Fsp3) is 0.500. The highest BCUT2D eigenvalue weighted by Gasteiger charge is 2.52. The molecule has 1 spiro atoms. The number of hydrazone groups is 1. The summed E-state index contributed by atoms with van der Waals surface area (Å²) in [7, 11) is 0. The molecule has 1 amide bonds. The molecule has 0 bridgehead atoms. The number of nitrogens with zero attached hydrogens (tertiary/aromatic N) is 2. The molecule has 2 aromatic carbocycles. The van der Waals surface area contributed by atoms with Crippen LogP contribution in [0.25, 0.3) is 0 Å². The third-order valence-corrected chi connectivity index (χ3v) is 7.48. The first kappa shape index (κ1) is 25.9. The molecule has 0 saturated heterocycles. The molecule has 0 aromatic heterocycles. The van der Waals surface area contributed by atoms with Gasteiger partial charge in [0, 0.05) is 0 Å². The highest BCUT2D eigenvalue weighted by atomic mass is 16.5. The number of amides is 1. The quantitative estimate of drug-likeness (QED) is 0.457. The van der Waals surface area contributed by atoms with Gasteiger partial charge in [0.25, 0.3) is 5.91 Å². The van der Waals surface area contributed by atoms with Gasteiger partial charge in [-0.25, -0.2) is 4.79 Å². The van der Waals surface area contributed by atoms with Gasteiger partial charge in [-0.2, -0.15) is 10.1 Å². The minimum Gasteiger partial charge on any atom is -0.478 e. The van der Waals surface area contributed by atoms with Crippen LogP contribution in [-0.4, -0.2) is 28.3 Å². The summed E-state index contributed by atoms with van der Waals surface area (Å²) < 4.78 is 5.60. The fourth-order valence-corrected chi connectivity index (χ4v) is 5.16. The Hall–Kier alpha value is -3.15. The van der Waals surface area contributed by atoms with E-state index in [1.54, 1.807) is 5.01 Å². The highest BCUT2D eigenvalue weighted by Crippen LogP contribution is 2.47. The summed E-state index contributed by atoms with van der Waals surface area (Å²) in [6.07, 6.45) is 6.42. The summed E-state index contributed by atoms with van der Waals surface area (Å²) in [6.45, 7) is 9.60. The lowest BCUT2D eigenvalue weighted by atomic mass is 9.78. The van der Waals surface area contributed by atoms with E-state index in [9.17, 15) is 14.7 Å². The van der Waals surface area contributed by atoms with E-state index in [0.29, 0.717) is 5.75 Å². The van der Waals surface area contributed by atoms with Gasteiger partial charge in [0.05, 0.1) is 16.8 Å². The van der Waals surface area contributed by atoms with Gasteiger partial charge in [-0.15, -0.1) is 0 Å². The zero-order chi connectivity index (χ0) is 26.1. The van der Waals surface area contributed by atoms with Gasteiger partial charge in [0.15, 0.2) is 5.60 Å². The molecular weight excluding hydrogens is 452 g/mol. The van der Waals surface area contributed by atoms with E-state index in [0.717, 1.165) is 61.9 Å². The Balaban J connectivity index is 1.46. The van der Waals surface area contributed by atoms with Gasteiger partial charge < -0.3 is 9.84 Å². The van der Waals surface area contributed by atoms with E-state index >= 15 is 0 Å². The smallest absolute Gasteiger partial charge is 0.347 e. The number of hydrogen-bond acceptors (Lipinski definition) is 4. The van der Waals surface area contributed by atoms with Crippen LogP contribution in [0, 0.1) is 5.41 Å². The summed E-state index contributed by atoms with van der Waals surface area (Å²) in [5.41, 5.74) is 2.50. The fourth-order valence-electron chi connectivity index (χ4n) is 5.16. The second kappa shape index (κ2) is 9.72. The van der Waals surface area contributed by atoms with Crippen molar-refractivity contribution in [3.63, 3.8) is 0 Å². The summed E-state index contributed by atoms with van der Waals surface area (Å²) in [6, 6.07) is 15.8. The van der Waals surface area contributed by atoms with E-state index in [-0.39, 0.29) is 11.3 Å². The number of carboxylic acid groups (broad SMARTS) is 1. The van der Waals surface area contributed by atoms with Crippen LogP contribution in [0.3, 0.4) is 0 Å². The molecule has 2 aromatic rings. The average molecular weight is 491 g/mol. The van der Waals surface area contributed by atoms with Gasteiger partial charge in [-0.3, -0.25) is 4.79 Å². The SMILES string of the molecule is CC(C)(Oc1ccc(CCCC2=NN(c3cccc(C(C)(C)C)c3)C(=O)C23CCCC3)cc1)C(=O)O. The predicted molar refractivity (Wildman–Crippen MR) is 143 cm³/mol. The van der Waals surface area contributed by atoms with Crippen LogP contribution in [0.5, 0.6) is 5.75 Å². The van der Waals surface area contributed by atoms with E-state index in [2.05, 4.69) is 32.9 Å². The third kappa shape index (κ3) is 5.18. The standard InChI is InChI=1S/C30H38N2O4/c1-28(2,3)22-11-9-12-23(20-22)32-26(33)30(18-6-7-19-30)25(31-32)13-8-10-21-14-16-24(17-15-21)36-29(4,5)27(34)35/h9,11-12,14-17,20H,6-8,10,13,18-19H2,1-5H3,(H,34,35). The molecule has 6 heteroatoms. The zero-order valence-corrected chi connectivity index (χ0v) is 22.1. The first-order valence-electron chi connectivity index (χ1n) is 13.0. The van der Waals surface area contributed by atoms with Crippen LogP contribution in [0.4, 0.5) is 5.69 Å². The maximum absolute atomic E-state index is 13.7. The number of rotatable bonds is 8. The number of carbonyl (C=O) groups is 2. The topological polar surface area (TPSA) is 79.2 Å². The van der Waals surface area contributed by atoms with Crippen molar-refractivity contribution in [3.05, 3.63) is 59.7 Å². The molecule has 1 N–H and O–H groups in total. The Morgan fingerprint density at radius 3 is 2.31 bits per heavy atom. The van der Waals surface area contributed by atoms with Crippen LogP contribution in [0.15, 0.2) is 53.6 Å². The van der Waals surface area contributed by atoms with Crippen molar-refractivity contribution in [2.24, 2.45) is 10.5 Å². The maximum atomic E-state index is 13.7. The molecule has 1 saturated carbocycles. The molecule has 1 aliphatic carbocycles. The molecule has 36 heavy (non-hydrogen) atoms. The minimum atomic E-state index is -1.28. The second-order valence-corrected chi connectivity index (χ2v) is 11.7. The number of aryl methyl sites for hydroxylation is 1. The molecule has 2 aliphatic rings. The monoisotopic (exact) mass is 490 g/mol. The molecule has 1 heterocycles. The second-order valence-electron chi connectivity index (χ2n) is 11.7. The Morgan fingerprint density at radius 2 is 1.69 bits per heavy atom. The van der Waals surface area contributed by atoms with Crippen molar-refractivity contribution in [1.82, 2.24) is 0 Å². The van der Waals surface area contributed by atoms with Gasteiger partial charge >= 0.3 is 5.97 Å². The lowest BCUT2D eigenvalue weighted by Gasteiger charge is -2.25. The lowest BCUT2D eigenvalue weighted by molar-refractivity contribution is -0.152. The Labute approximate surface area is 214 Å². The molecule has 0 atom stereocenters.